The Balaban J connectivity index is 1.88. The third-order valence-electron chi connectivity index (χ3n) is 3.59. The fourth-order valence-corrected chi connectivity index (χ4v) is 2.88. The summed E-state index contributed by atoms with van der Waals surface area (Å²) in [5.74, 6) is -0.381. The predicted octanol–water partition coefficient (Wildman–Crippen LogP) is 1.97. The van der Waals surface area contributed by atoms with Crippen molar-refractivity contribution in [3.05, 3.63) is 24.3 Å². The Morgan fingerprint density at radius 3 is 2.83 bits per heavy atom. The van der Waals surface area contributed by atoms with Gasteiger partial charge >= 0.3 is 5.97 Å². The van der Waals surface area contributed by atoms with E-state index in [2.05, 4.69) is 0 Å². The molecular formula is C16H22O6S. The number of rotatable bonds is 6. The highest BCUT2D eigenvalue weighted by Gasteiger charge is 2.20. The van der Waals surface area contributed by atoms with Crippen LogP contribution in [-0.2, 0) is 24.1 Å². The van der Waals surface area contributed by atoms with Crippen molar-refractivity contribution in [1.29, 1.82) is 0 Å². The molecule has 1 aromatic carbocycles. The van der Waals surface area contributed by atoms with Gasteiger partial charge in [0.1, 0.15) is 5.75 Å². The van der Waals surface area contributed by atoms with Gasteiger partial charge in [0.25, 0.3) is 0 Å². The molecule has 0 bridgehead atoms. The van der Waals surface area contributed by atoms with E-state index in [4.69, 9.17) is 14.2 Å². The van der Waals surface area contributed by atoms with Gasteiger partial charge in [0.15, 0.2) is 15.9 Å². The van der Waals surface area contributed by atoms with E-state index in [-0.39, 0.29) is 16.7 Å². The highest BCUT2D eigenvalue weighted by Crippen LogP contribution is 2.18. The summed E-state index contributed by atoms with van der Waals surface area (Å²) in [6.45, 7) is 2.68. The molecule has 1 heterocycles. The standard InChI is InChI=1S/C16H22O6S/c1-12(21-11-14-6-3-4-9-20-14)16(17)22-13-7-5-8-15(10-13)23(2,18)19/h5,7-8,10,12,14H,3-4,6,9,11H2,1-2H3. The second-order valence-corrected chi connectivity index (χ2v) is 7.65. The van der Waals surface area contributed by atoms with Crippen LogP contribution in [-0.4, -0.2) is 46.1 Å². The average molecular weight is 342 g/mol. The molecule has 0 aromatic heterocycles. The maximum absolute atomic E-state index is 12.0. The monoisotopic (exact) mass is 342 g/mol. The second-order valence-electron chi connectivity index (χ2n) is 5.63. The molecule has 6 nitrogen and oxygen atoms in total. The SMILES string of the molecule is CC(OCC1CCCCO1)C(=O)Oc1cccc(S(C)(=O)=O)c1. The summed E-state index contributed by atoms with van der Waals surface area (Å²) in [6, 6.07) is 5.83. The molecule has 0 amide bonds. The van der Waals surface area contributed by atoms with Crippen molar-refractivity contribution in [1.82, 2.24) is 0 Å². The smallest absolute Gasteiger partial charge is 0.340 e. The van der Waals surface area contributed by atoms with Crippen LogP contribution in [0.2, 0.25) is 0 Å². The van der Waals surface area contributed by atoms with Crippen molar-refractivity contribution in [3.8, 4) is 5.75 Å². The van der Waals surface area contributed by atoms with Crippen molar-refractivity contribution in [2.45, 2.75) is 43.3 Å². The lowest BCUT2D eigenvalue weighted by molar-refractivity contribution is -0.149. The Labute approximate surface area is 136 Å². The molecule has 0 spiro atoms. The van der Waals surface area contributed by atoms with Crippen LogP contribution in [0.25, 0.3) is 0 Å². The van der Waals surface area contributed by atoms with Gasteiger partial charge in [-0.25, -0.2) is 13.2 Å². The van der Waals surface area contributed by atoms with Crippen LogP contribution in [0.4, 0.5) is 0 Å². The van der Waals surface area contributed by atoms with Gasteiger partial charge in [0.2, 0.25) is 0 Å². The number of benzene rings is 1. The van der Waals surface area contributed by atoms with E-state index in [1.54, 1.807) is 6.92 Å². The van der Waals surface area contributed by atoms with Crippen LogP contribution in [0.5, 0.6) is 5.75 Å². The highest BCUT2D eigenvalue weighted by molar-refractivity contribution is 7.90. The number of carbonyl (C=O) groups excluding carboxylic acids is 1. The summed E-state index contributed by atoms with van der Waals surface area (Å²) >= 11 is 0. The molecule has 128 valence electrons. The summed E-state index contributed by atoms with van der Waals surface area (Å²) < 4.78 is 39.2. The molecule has 1 saturated heterocycles. The minimum absolute atomic E-state index is 0.0209. The van der Waals surface area contributed by atoms with E-state index in [0.717, 1.165) is 32.1 Å². The van der Waals surface area contributed by atoms with E-state index in [1.165, 1.54) is 24.3 Å². The number of hydrogen-bond acceptors (Lipinski definition) is 6. The fraction of sp³-hybridized carbons (Fsp3) is 0.562. The normalized spacial score (nSPS) is 20.0. The largest absolute Gasteiger partial charge is 0.425 e. The van der Waals surface area contributed by atoms with Gasteiger partial charge < -0.3 is 14.2 Å². The predicted molar refractivity (Wildman–Crippen MR) is 84.2 cm³/mol. The topological polar surface area (TPSA) is 78.9 Å². The molecule has 0 saturated carbocycles. The lowest BCUT2D eigenvalue weighted by Gasteiger charge is -2.23. The Hall–Kier alpha value is -1.44. The molecule has 7 heteroatoms. The zero-order valence-electron chi connectivity index (χ0n) is 13.4. The Kier molecular flexibility index (Phi) is 6.15. The summed E-state index contributed by atoms with van der Waals surface area (Å²) in [4.78, 5) is 12.1. The van der Waals surface area contributed by atoms with Gasteiger partial charge in [0.05, 0.1) is 17.6 Å². The van der Waals surface area contributed by atoms with Gasteiger partial charge in [0, 0.05) is 12.9 Å². The third-order valence-corrected chi connectivity index (χ3v) is 4.70. The zero-order chi connectivity index (χ0) is 16.9. The van der Waals surface area contributed by atoms with Crippen LogP contribution < -0.4 is 4.74 Å². The quantitative estimate of drug-likeness (QED) is 0.581. The Morgan fingerprint density at radius 2 is 2.17 bits per heavy atom. The lowest BCUT2D eigenvalue weighted by atomic mass is 10.1. The minimum atomic E-state index is -3.35. The molecule has 2 rings (SSSR count). The highest BCUT2D eigenvalue weighted by atomic mass is 32.2. The van der Waals surface area contributed by atoms with Crippen LogP contribution in [0.3, 0.4) is 0 Å². The third kappa shape index (κ3) is 5.60. The minimum Gasteiger partial charge on any atom is -0.425 e. The molecule has 1 aliphatic rings. The van der Waals surface area contributed by atoms with E-state index in [1.807, 2.05) is 0 Å². The second kappa shape index (κ2) is 7.90. The molecule has 1 fully saturated rings. The number of ether oxygens (including phenoxy) is 3. The van der Waals surface area contributed by atoms with E-state index < -0.39 is 21.9 Å². The molecule has 1 aromatic rings. The molecule has 1 aliphatic heterocycles. The molecule has 2 unspecified atom stereocenters. The maximum atomic E-state index is 12.0. The van der Waals surface area contributed by atoms with Crippen molar-refractivity contribution < 1.29 is 27.4 Å². The summed E-state index contributed by atoms with van der Waals surface area (Å²) in [5, 5.41) is 0. The van der Waals surface area contributed by atoms with Gasteiger partial charge in [-0.05, 0) is 44.4 Å². The Bertz CT molecular complexity index is 634. The first kappa shape index (κ1) is 17.9. The van der Waals surface area contributed by atoms with Crippen molar-refractivity contribution in [2.24, 2.45) is 0 Å². The molecule has 0 N–H and O–H groups in total. The number of hydrogen-bond donors (Lipinski definition) is 0. The molecule has 23 heavy (non-hydrogen) atoms. The van der Waals surface area contributed by atoms with Gasteiger partial charge in [-0.1, -0.05) is 6.07 Å². The van der Waals surface area contributed by atoms with Crippen LogP contribution >= 0.6 is 0 Å². The van der Waals surface area contributed by atoms with Crippen molar-refractivity contribution in [2.75, 3.05) is 19.5 Å². The fourth-order valence-electron chi connectivity index (χ4n) is 2.23. The van der Waals surface area contributed by atoms with Crippen LogP contribution in [0.15, 0.2) is 29.2 Å². The molecule has 2 atom stereocenters. The van der Waals surface area contributed by atoms with E-state index in [9.17, 15) is 13.2 Å². The van der Waals surface area contributed by atoms with Crippen molar-refractivity contribution >= 4 is 15.8 Å². The van der Waals surface area contributed by atoms with Gasteiger partial charge in [-0.15, -0.1) is 0 Å². The summed E-state index contributed by atoms with van der Waals surface area (Å²) in [6.07, 6.45) is 3.47. The van der Waals surface area contributed by atoms with Crippen molar-refractivity contribution in [3.63, 3.8) is 0 Å². The van der Waals surface area contributed by atoms with Crippen LogP contribution in [0, 0.1) is 0 Å². The summed E-state index contributed by atoms with van der Waals surface area (Å²) in [7, 11) is -3.35. The number of esters is 1. The number of carbonyl (C=O) groups is 1. The van der Waals surface area contributed by atoms with Gasteiger partial charge in [-0.2, -0.15) is 0 Å². The van der Waals surface area contributed by atoms with E-state index >= 15 is 0 Å². The van der Waals surface area contributed by atoms with Crippen LogP contribution in [0.1, 0.15) is 26.2 Å². The summed E-state index contributed by atoms with van der Waals surface area (Å²) in [5.41, 5.74) is 0. The average Bonchev–Trinajstić information content (AvgIpc) is 2.53. The first-order valence-electron chi connectivity index (χ1n) is 7.61. The van der Waals surface area contributed by atoms with Gasteiger partial charge in [-0.3, -0.25) is 0 Å². The Morgan fingerprint density at radius 1 is 1.39 bits per heavy atom. The molecule has 0 radical (unpaired) electrons. The van der Waals surface area contributed by atoms with E-state index in [0.29, 0.717) is 6.61 Å². The first-order chi connectivity index (χ1) is 10.9. The first-order valence-corrected chi connectivity index (χ1v) is 9.50. The molecule has 0 aliphatic carbocycles. The zero-order valence-corrected chi connectivity index (χ0v) is 14.2. The maximum Gasteiger partial charge on any atom is 0.340 e. The number of sulfone groups is 1. The molecular weight excluding hydrogens is 320 g/mol. The lowest BCUT2D eigenvalue weighted by Crippen LogP contribution is -2.31.